The second kappa shape index (κ2) is 5.17. The molecule has 0 aliphatic heterocycles. The summed E-state index contributed by atoms with van der Waals surface area (Å²) in [5, 5.41) is 7.54. The lowest BCUT2D eigenvalue weighted by molar-refractivity contribution is 0.354. The van der Waals surface area contributed by atoms with Gasteiger partial charge in [-0.3, -0.25) is 0 Å². The third kappa shape index (κ3) is 2.94. The summed E-state index contributed by atoms with van der Waals surface area (Å²) < 4.78 is 5.39. The quantitative estimate of drug-likeness (QED) is 0.925. The highest BCUT2D eigenvalue weighted by molar-refractivity contribution is 5.50. The van der Waals surface area contributed by atoms with E-state index in [0.29, 0.717) is 5.89 Å². The van der Waals surface area contributed by atoms with Crippen molar-refractivity contribution in [2.75, 3.05) is 5.32 Å². The van der Waals surface area contributed by atoms with Crippen molar-refractivity contribution in [1.29, 1.82) is 0 Å². The minimum absolute atomic E-state index is 0.00746. The van der Waals surface area contributed by atoms with Gasteiger partial charge in [-0.25, -0.2) is 0 Å². The first kappa shape index (κ1) is 14.1. The van der Waals surface area contributed by atoms with Crippen LogP contribution in [0.4, 0.5) is 5.69 Å². The Balaban J connectivity index is 1.74. The fourth-order valence-electron chi connectivity index (χ4n) is 2.69. The minimum atomic E-state index is -0.0883. The zero-order valence-corrected chi connectivity index (χ0v) is 13.2. The van der Waals surface area contributed by atoms with Crippen molar-refractivity contribution in [2.24, 2.45) is 0 Å². The normalized spacial score (nSPS) is 15.8. The van der Waals surface area contributed by atoms with E-state index in [4.69, 9.17) is 4.52 Å². The molecule has 0 saturated carbocycles. The molecule has 0 fully saturated rings. The molecule has 3 rings (SSSR count). The summed E-state index contributed by atoms with van der Waals surface area (Å²) in [7, 11) is 0. The van der Waals surface area contributed by atoms with Gasteiger partial charge in [-0.1, -0.05) is 32.0 Å². The molecule has 1 aliphatic carbocycles. The Morgan fingerprint density at radius 3 is 2.67 bits per heavy atom. The van der Waals surface area contributed by atoms with Crippen LogP contribution in [-0.2, 0) is 18.3 Å². The molecule has 1 unspecified atom stereocenters. The van der Waals surface area contributed by atoms with Crippen LogP contribution in [0.3, 0.4) is 0 Å². The molecule has 0 amide bonds. The van der Waals surface area contributed by atoms with Gasteiger partial charge in [-0.15, -0.1) is 0 Å². The molecule has 1 N–H and O–H groups in total. The summed E-state index contributed by atoms with van der Waals surface area (Å²) in [6, 6.07) is 6.63. The molecule has 0 saturated heterocycles. The number of hydrogen-bond donors (Lipinski definition) is 1. The average Bonchev–Trinajstić information content (AvgIpc) is 3.06. The maximum Gasteiger partial charge on any atom is 0.248 e. The van der Waals surface area contributed by atoms with E-state index in [0.717, 1.165) is 11.5 Å². The molecule has 0 radical (unpaired) electrons. The van der Waals surface area contributed by atoms with E-state index in [1.54, 1.807) is 0 Å². The van der Waals surface area contributed by atoms with Crippen LogP contribution in [0.1, 0.15) is 63.0 Å². The molecule has 21 heavy (non-hydrogen) atoms. The van der Waals surface area contributed by atoms with Crippen LogP contribution in [0.15, 0.2) is 22.7 Å². The number of aryl methyl sites for hydroxylation is 2. The second-order valence-corrected chi connectivity index (χ2v) is 6.91. The maximum atomic E-state index is 5.39. The predicted molar refractivity (Wildman–Crippen MR) is 83.5 cm³/mol. The smallest absolute Gasteiger partial charge is 0.248 e. The van der Waals surface area contributed by atoms with E-state index in [1.165, 1.54) is 30.4 Å². The van der Waals surface area contributed by atoms with Crippen molar-refractivity contribution in [3.63, 3.8) is 0 Å². The third-order valence-electron chi connectivity index (χ3n) is 3.96. The SMILES string of the molecule is CC(Nc1ccc2c(c1)CCC2)c1nc(C(C)(C)C)no1. The Hall–Kier alpha value is -1.84. The van der Waals surface area contributed by atoms with E-state index >= 15 is 0 Å². The molecule has 4 heteroatoms. The van der Waals surface area contributed by atoms with Gasteiger partial charge in [-0.05, 0) is 49.4 Å². The van der Waals surface area contributed by atoms with E-state index in [9.17, 15) is 0 Å². The van der Waals surface area contributed by atoms with Crippen LogP contribution in [0.5, 0.6) is 0 Å². The summed E-state index contributed by atoms with van der Waals surface area (Å²) in [6.07, 6.45) is 3.67. The van der Waals surface area contributed by atoms with Gasteiger partial charge in [0.25, 0.3) is 0 Å². The summed E-state index contributed by atoms with van der Waals surface area (Å²) >= 11 is 0. The Morgan fingerprint density at radius 1 is 1.19 bits per heavy atom. The van der Waals surface area contributed by atoms with Gasteiger partial charge in [0.1, 0.15) is 6.04 Å². The topological polar surface area (TPSA) is 51.0 Å². The van der Waals surface area contributed by atoms with Crippen molar-refractivity contribution in [2.45, 2.75) is 58.4 Å². The average molecular weight is 285 g/mol. The number of hydrogen-bond acceptors (Lipinski definition) is 4. The number of anilines is 1. The van der Waals surface area contributed by atoms with Crippen LogP contribution in [0.2, 0.25) is 0 Å². The first-order valence-corrected chi connectivity index (χ1v) is 7.66. The van der Waals surface area contributed by atoms with Crippen molar-refractivity contribution >= 4 is 5.69 Å². The van der Waals surface area contributed by atoms with E-state index in [-0.39, 0.29) is 11.5 Å². The molecule has 1 aromatic carbocycles. The fraction of sp³-hybridized carbons (Fsp3) is 0.529. The van der Waals surface area contributed by atoms with Gasteiger partial charge in [0.15, 0.2) is 5.82 Å². The third-order valence-corrected chi connectivity index (χ3v) is 3.96. The molecule has 1 aliphatic rings. The van der Waals surface area contributed by atoms with Gasteiger partial charge in [0, 0.05) is 11.1 Å². The number of rotatable bonds is 3. The monoisotopic (exact) mass is 285 g/mol. The van der Waals surface area contributed by atoms with Crippen LogP contribution < -0.4 is 5.32 Å². The molecule has 112 valence electrons. The van der Waals surface area contributed by atoms with Gasteiger partial charge in [0.2, 0.25) is 5.89 Å². The lowest BCUT2D eigenvalue weighted by atomic mass is 9.96. The van der Waals surface area contributed by atoms with Crippen molar-refractivity contribution < 1.29 is 4.52 Å². The van der Waals surface area contributed by atoms with Crippen LogP contribution in [-0.4, -0.2) is 10.1 Å². The van der Waals surface area contributed by atoms with Crippen LogP contribution >= 0.6 is 0 Å². The molecule has 1 heterocycles. The maximum absolute atomic E-state index is 5.39. The molecule has 1 aromatic heterocycles. The summed E-state index contributed by atoms with van der Waals surface area (Å²) in [6.45, 7) is 8.30. The highest BCUT2D eigenvalue weighted by atomic mass is 16.5. The fourth-order valence-corrected chi connectivity index (χ4v) is 2.69. The number of benzene rings is 1. The lowest BCUT2D eigenvalue weighted by Crippen LogP contribution is -2.14. The van der Waals surface area contributed by atoms with E-state index in [1.807, 2.05) is 6.92 Å². The molecular formula is C17H23N3O. The summed E-state index contributed by atoms with van der Waals surface area (Å²) in [4.78, 5) is 4.51. The van der Waals surface area contributed by atoms with E-state index < -0.39 is 0 Å². The van der Waals surface area contributed by atoms with Crippen molar-refractivity contribution in [3.8, 4) is 0 Å². The zero-order chi connectivity index (χ0) is 15.0. The Morgan fingerprint density at radius 2 is 1.95 bits per heavy atom. The van der Waals surface area contributed by atoms with Crippen molar-refractivity contribution in [1.82, 2.24) is 10.1 Å². The first-order chi connectivity index (χ1) is 9.93. The lowest BCUT2D eigenvalue weighted by Gasteiger charge is -2.13. The highest BCUT2D eigenvalue weighted by Crippen LogP contribution is 2.27. The molecule has 1 atom stereocenters. The van der Waals surface area contributed by atoms with Gasteiger partial charge in [-0.2, -0.15) is 4.98 Å². The Labute approximate surface area is 126 Å². The molecular weight excluding hydrogens is 262 g/mol. The highest BCUT2D eigenvalue weighted by Gasteiger charge is 2.23. The standard InChI is InChI=1S/C17H23N3O/c1-11(15-19-16(20-21-15)17(2,3)4)18-14-9-8-12-6-5-7-13(12)10-14/h8-11,18H,5-7H2,1-4H3. The predicted octanol–water partition coefficient (Wildman–Crippen LogP) is 4.03. The summed E-state index contributed by atoms with van der Waals surface area (Å²) in [5.74, 6) is 1.39. The number of nitrogens with zero attached hydrogens (tertiary/aromatic N) is 2. The molecule has 0 spiro atoms. The molecule has 2 aromatic rings. The minimum Gasteiger partial charge on any atom is -0.374 e. The van der Waals surface area contributed by atoms with Gasteiger partial charge >= 0.3 is 0 Å². The Bertz CT molecular complexity index is 640. The van der Waals surface area contributed by atoms with Gasteiger partial charge in [0.05, 0.1) is 0 Å². The van der Waals surface area contributed by atoms with Crippen LogP contribution in [0.25, 0.3) is 0 Å². The van der Waals surface area contributed by atoms with Crippen molar-refractivity contribution in [3.05, 3.63) is 41.0 Å². The number of fused-ring (bicyclic) bond motifs is 1. The van der Waals surface area contributed by atoms with Crippen LogP contribution in [0, 0.1) is 0 Å². The van der Waals surface area contributed by atoms with E-state index in [2.05, 4.69) is 54.4 Å². The largest absolute Gasteiger partial charge is 0.374 e. The molecule has 0 bridgehead atoms. The van der Waals surface area contributed by atoms with Gasteiger partial charge < -0.3 is 9.84 Å². The number of aromatic nitrogens is 2. The first-order valence-electron chi connectivity index (χ1n) is 7.66. The molecule has 4 nitrogen and oxygen atoms in total. The summed E-state index contributed by atoms with van der Waals surface area (Å²) in [5.41, 5.74) is 3.99. The number of nitrogens with one attached hydrogen (secondary N) is 1. The second-order valence-electron chi connectivity index (χ2n) is 6.91. The zero-order valence-electron chi connectivity index (χ0n) is 13.2. The Kier molecular flexibility index (Phi) is 3.47.